The molecule has 11 heavy (non-hydrogen) atoms. The molecule has 0 amide bonds. The van der Waals surface area contributed by atoms with Crippen LogP contribution in [0.5, 0.6) is 0 Å². The van der Waals surface area contributed by atoms with Gasteiger partial charge in [-0.15, -0.1) is 0 Å². The molecule has 0 saturated carbocycles. The number of nitrogens with one attached hydrogen (secondary N) is 1. The van der Waals surface area contributed by atoms with E-state index in [1.165, 1.54) is 0 Å². The van der Waals surface area contributed by atoms with Gasteiger partial charge in [0.05, 0.1) is 0 Å². The normalized spacial score (nSPS) is 18.5. The maximum absolute atomic E-state index is 11.2. The van der Waals surface area contributed by atoms with Crippen LogP contribution in [-0.4, -0.2) is 18.9 Å². The van der Waals surface area contributed by atoms with Gasteiger partial charge in [0, 0.05) is 12.8 Å². The second kappa shape index (κ2) is 3.86. The van der Waals surface area contributed by atoms with Gasteiger partial charge in [-0.05, 0) is 24.9 Å². The summed E-state index contributed by atoms with van der Waals surface area (Å²) in [5, 5.41) is 3.17. The third kappa shape index (κ3) is 3.02. The van der Waals surface area contributed by atoms with Crippen LogP contribution in [0.1, 0.15) is 26.7 Å². The van der Waals surface area contributed by atoms with Crippen LogP contribution in [0.25, 0.3) is 0 Å². The van der Waals surface area contributed by atoms with E-state index in [1.807, 2.05) is 0 Å². The second-order valence-electron chi connectivity index (χ2n) is 3.87. The topological polar surface area (TPSA) is 29.1 Å². The predicted molar refractivity (Wildman–Crippen MR) is 45.4 cm³/mol. The Morgan fingerprint density at radius 2 is 2.18 bits per heavy atom. The summed E-state index contributed by atoms with van der Waals surface area (Å²) in [5.74, 6) is 1.60. The molecule has 0 aromatic rings. The summed E-state index contributed by atoms with van der Waals surface area (Å²) in [5.41, 5.74) is 0. The Morgan fingerprint density at radius 3 is 2.55 bits per heavy atom. The van der Waals surface area contributed by atoms with E-state index >= 15 is 0 Å². The average Bonchev–Trinajstić information content (AvgIpc) is 1.77. The van der Waals surface area contributed by atoms with Crippen molar-refractivity contribution in [3.8, 4) is 0 Å². The van der Waals surface area contributed by atoms with E-state index in [1.54, 1.807) is 0 Å². The minimum Gasteiger partial charge on any atom is -0.316 e. The van der Waals surface area contributed by atoms with Gasteiger partial charge in [0.1, 0.15) is 5.78 Å². The summed E-state index contributed by atoms with van der Waals surface area (Å²) in [6.07, 6.45) is 1.56. The minimum atomic E-state index is 0.437. The first-order valence-electron chi connectivity index (χ1n) is 4.41. The molecule has 1 heterocycles. The van der Waals surface area contributed by atoms with Crippen molar-refractivity contribution < 1.29 is 4.79 Å². The number of hydrogen-bond acceptors (Lipinski definition) is 2. The molecule has 1 N–H and O–H groups in total. The van der Waals surface area contributed by atoms with Crippen molar-refractivity contribution in [2.45, 2.75) is 26.7 Å². The molecule has 0 radical (unpaired) electrons. The van der Waals surface area contributed by atoms with Crippen LogP contribution >= 0.6 is 0 Å². The van der Waals surface area contributed by atoms with E-state index in [4.69, 9.17) is 0 Å². The standard InChI is InChI=1S/C9H17NO/c1-7(2)3-9(11)4-8-5-10-6-8/h7-8,10H,3-6H2,1-2H3. The Morgan fingerprint density at radius 1 is 1.55 bits per heavy atom. The zero-order chi connectivity index (χ0) is 8.27. The lowest BCUT2D eigenvalue weighted by Gasteiger charge is -2.26. The highest BCUT2D eigenvalue weighted by Crippen LogP contribution is 2.12. The third-order valence-electron chi connectivity index (χ3n) is 2.02. The zero-order valence-electron chi connectivity index (χ0n) is 7.39. The molecule has 2 nitrogen and oxygen atoms in total. The number of Topliss-reactive ketones (excluding diaryl/α,β-unsaturated/α-hetero) is 1. The molecule has 0 unspecified atom stereocenters. The molecule has 0 atom stereocenters. The van der Waals surface area contributed by atoms with Crippen molar-refractivity contribution in [3.05, 3.63) is 0 Å². The van der Waals surface area contributed by atoms with Gasteiger partial charge in [-0.2, -0.15) is 0 Å². The summed E-state index contributed by atoms with van der Waals surface area (Å²) in [4.78, 5) is 11.2. The summed E-state index contributed by atoms with van der Waals surface area (Å²) in [7, 11) is 0. The molecule has 2 heteroatoms. The van der Waals surface area contributed by atoms with Crippen molar-refractivity contribution in [2.75, 3.05) is 13.1 Å². The quantitative estimate of drug-likeness (QED) is 0.661. The van der Waals surface area contributed by atoms with Crippen LogP contribution in [0.15, 0.2) is 0 Å². The average molecular weight is 155 g/mol. The molecule has 0 bridgehead atoms. The highest BCUT2D eigenvalue weighted by molar-refractivity contribution is 5.78. The first-order valence-corrected chi connectivity index (χ1v) is 4.41. The predicted octanol–water partition coefficient (Wildman–Crippen LogP) is 1.21. The third-order valence-corrected chi connectivity index (χ3v) is 2.02. The fourth-order valence-electron chi connectivity index (χ4n) is 1.35. The number of carbonyl (C=O) groups excluding carboxylic acids is 1. The van der Waals surface area contributed by atoms with Crippen LogP contribution < -0.4 is 5.32 Å². The van der Waals surface area contributed by atoms with Crippen molar-refractivity contribution in [2.24, 2.45) is 11.8 Å². The molecular formula is C9H17NO. The van der Waals surface area contributed by atoms with E-state index in [0.717, 1.165) is 25.9 Å². The van der Waals surface area contributed by atoms with E-state index in [2.05, 4.69) is 19.2 Å². The number of hydrogen-bond donors (Lipinski definition) is 1. The van der Waals surface area contributed by atoms with E-state index < -0.39 is 0 Å². The van der Waals surface area contributed by atoms with E-state index in [9.17, 15) is 4.79 Å². The molecule has 0 spiro atoms. The van der Waals surface area contributed by atoms with Crippen LogP contribution in [0, 0.1) is 11.8 Å². The lowest BCUT2D eigenvalue weighted by molar-refractivity contribution is -0.121. The molecule has 0 aliphatic carbocycles. The Balaban J connectivity index is 2.09. The Hall–Kier alpha value is -0.370. The second-order valence-corrected chi connectivity index (χ2v) is 3.87. The molecule has 0 aromatic heterocycles. The Bertz CT molecular complexity index is 138. The first-order chi connectivity index (χ1) is 5.18. The van der Waals surface area contributed by atoms with Gasteiger partial charge in [0.15, 0.2) is 0 Å². The first kappa shape index (κ1) is 8.72. The summed E-state index contributed by atoms with van der Waals surface area (Å²) in [6, 6.07) is 0. The van der Waals surface area contributed by atoms with Crippen LogP contribution in [0.3, 0.4) is 0 Å². The maximum Gasteiger partial charge on any atom is 0.133 e. The molecule has 64 valence electrons. The van der Waals surface area contributed by atoms with E-state index in [0.29, 0.717) is 17.6 Å². The fourth-order valence-corrected chi connectivity index (χ4v) is 1.35. The van der Waals surface area contributed by atoms with Gasteiger partial charge < -0.3 is 5.32 Å². The number of ketones is 1. The zero-order valence-corrected chi connectivity index (χ0v) is 7.39. The van der Waals surface area contributed by atoms with Gasteiger partial charge >= 0.3 is 0 Å². The molecule has 1 fully saturated rings. The van der Waals surface area contributed by atoms with Gasteiger partial charge in [-0.1, -0.05) is 13.8 Å². The minimum absolute atomic E-state index is 0.437. The van der Waals surface area contributed by atoms with Gasteiger partial charge in [-0.3, -0.25) is 4.79 Å². The molecule has 1 saturated heterocycles. The van der Waals surface area contributed by atoms with Crippen LogP contribution in [-0.2, 0) is 4.79 Å². The van der Waals surface area contributed by atoms with Gasteiger partial charge in [0.25, 0.3) is 0 Å². The van der Waals surface area contributed by atoms with Gasteiger partial charge in [-0.25, -0.2) is 0 Å². The summed E-state index contributed by atoms with van der Waals surface area (Å²) >= 11 is 0. The smallest absolute Gasteiger partial charge is 0.133 e. The lowest BCUT2D eigenvalue weighted by Crippen LogP contribution is -2.43. The lowest BCUT2D eigenvalue weighted by atomic mass is 9.93. The summed E-state index contributed by atoms with van der Waals surface area (Å²) < 4.78 is 0. The van der Waals surface area contributed by atoms with Crippen molar-refractivity contribution in [1.82, 2.24) is 5.32 Å². The van der Waals surface area contributed by atoms with Crippen molar-refractivity contribution in [3.63, 3.8) is 0 Å². The van der Waals surface area contributed by atoms with E-state index in [-0.39, 0.29) is 0 Å². The monoisotopic (exact) mass is 155 g/mol. The molecular weight excluding hydrogens is 138 g/mol. The highest BCUT2D eigenvalue weighted by Gasteiger charge is 2.19. The van der Waals surface area contributed by atoms with Crippen molar-refractivity contribution >= 4 is 5.78 Å². The Labute approximate surface area is 68.4 Å². The molecule has 1 aliphatic rings. The number of carbonyl (C=O) groups is 1. The van der Waals surface area contributed by atoms with Crippen LogP contribution in [0.2, 0.25) is 0 Å². The van der Waals surface area contributed by atoms with Crippen molar-refractivity contribution in [1.29, 1.82) is 0 Å². The van der Waals surface area contributed by atoms with Gasteiger partial charge in [0.2, 0.25) is 0 Å². The number of rotatable bonds is 4. The SMILES string of the molecule is CC(C)CC(=O)CC1CNC1. The van der Waals surface area contributed by atoms with Crippen LogP contribution in [0.4, 0.5) is 0 Å². The fraction of sp³-hybridized carbons (Fsp3) is 0.889. The Kier molecular flexibility index (Phi) is 3.06. The maximum atomic E-state index is 11.2. The summed E-state index contributed by atoms with van der Waals surface area (Å²) in [6.45, 7) is 6.28. The molecule has 0 aromatic carbocycles. The molecule has 1 rings (SSSR count). The largest absolute Gasteiger partial charge is 0.316 e. The highest BCUT2D eigenvalue weighted by atomic mass is 16.1. The molecule has 1 aliphatic heterocycles.